The molecule has 0 radical (unpaired) electrons. The highest BCUT2D eigenvalue weighted by Crippen LogP contribution is 2.35. The first kappa shape index (κ1) is 15.5. The van der Waals surface area contributed by atoms with E-state index in [1.807, 2.05) is 42.5 Å². The Morgan fingerprint density at radius 1 is 1.00 bits per heavy atom. The highest BCUT2D eigenvalue weighted by atomic mass is 79.9. The average molecular weight is 375 g/mol. The lowest BCUT2D eigenvalue weighted by Gasteiger charge is -2.11. The van der Waals surface area contributed by atoms with E-state index in [0.29, 0.717) is 16.7 Å². The van der Waals surface area contributed by atoms with Crippen LogP contribution >= 0.6 is 39.1 Å². The van der Waals surface area contributed by atoms with Crippen molar-refractivity contribution in [3.8, 4) is 5.75 Å². The monoisotopic (exact) mass is 373 g/mol. The molecule has 0 saturated carbocycles. The summed E-state index contributed by atoms with van der Waals surface area (Å²) in [5.41, 5.74) is 0.833. The lowest BCUT2D eigenvalue weighted by Crippen LogP contribution is -2.07. The summed E-state index contributed by atoms with van der Waals surface area (Å²) in [6.07, 6.45) is 0.874. The molecule has 2 rings (SSSR count). The molecule has 106 valence electrons. The number of ether oxygens (including phenoxy) is 1. The Kier molecular flexibility index (Phi) is 6.02. The van der Waals surface area contributed by atoms with E-state index in [9.17, 15) is 0 Å². The normalized spacial score (nSPS) is 10.3. The SMILES string of the molecule is Clc1c(Br)ccc(NCCCOc2ccccc2)c1Cl. The van der Waals surface area contributed by atoms with Gasteiger partial charge < -0.3 is 10.1 Å². The third-order valence-corrected chi connectivity index (χ3v) is 4.45. The summed E-state index contributed by atoms with van der Waals surface area (Å²) >= 11 is 15.5. The predicted molar refractivity (Wildman–Crippen MR) is 89.2 cm³/mol. The summed E-state index contributed by atoms with van der Waals surface area (Å²) in [6.45, 7) is 1.42. The average Bonchev–Trinajstić information content (AvgIpc) is 2.48. The fourth-order valence-corrected chi connectivity index (χ4v) is 2.51. The molecular formula is C15H14BrCl2NO. The van der Waals surface area contributed by atoms with Crippen LogP contribution in [-0.4, -0.2) is 13.2 Å². The number of anilines is 1. The standard InChI is InChI=1S/C15H14BrCl2NO/c16-12-7-8-13(15(18)14(12)17)19-9-4-10-20-11-5-2-1-3-6-11/h1-3,5-8,19H,4,9-10H2. The van der Waals surface area contributed by atoms with Gasteiger partial charge in [-0.25, -0.2) is 0 Å². The van der Waals surface area contributed by atoms with Crippen molar-refractivity contribution in [2.75, 3.05) is 18.5 Å². The van der Waals surface area contributed by atoms with Gasteiger partial charge >= 0.3 is 0 Å². The van der Waals surface area contributed by atoms with E-state index in [2.05, 4.69) is 21.2 Å². The first-order valence-electron chi connectivity index (χ1n) is 6.23. The quantitative estimate of drug-likeness (QED) is 0.522. The Hall–Kier alpha value is -0.900. The minimum absolute atomic E-state index is 0.525. The number of nitrogens with one attached hydrogen (secondary N) is 1. The van der Waals surface area contributed by atoms with Gasteiger partial charge in [0.1, 0.15) is 5.75 Å². The number of hydrogen-bond donors (Lipinski definition) is 1. The fourth-order valence-electron chi connectivity index (χ4n) is 1.66. The molecule has 2 aromatic rings. The van der Waals surface area contributed by atoms with Gasteiger partial charge in [0.25, 0.3) is 0 Å². The van der Waals surface area contributed by atoms with Gasteiger partial charge in [-0.3, -0.25) is 0 Å². The molecule has 0 aliphatic heterocycles. The van der Waals surface area contributed by atoms with Crippen molar-refractivity contribution in [2.45, 2.75) is 6.42 Å². The Labute approximate surface area is 137 Å². The maximum atomic E-state index is 6.15. The molecule has 0 heterocycles. The molecule has 2 aromatic carbocycles. The van der Waals surface area contributed by atoms with Crippen LogP contribution in [0, 0.1) is 0 Å². The van der Waals surface area contributed by atoms with Gasteiger partial charge in [-0.15, -0.1) is 0 Å². The molecule has 2 nitrogen and oxygen atoms in total. The van der Waals surface area contributed by atoms with Gasteiger partial charge in [0.15, 0.2) is 0 Å². The molecule has 0 bridgehead atoms. The number of benzene rings is 2. The van der Waals surface area contributed by atoms with Gasteiger partial charge in [0.05, 0.1) is 22.3 Å². The van der Waals surface area contributed by atoms with Crippen LogP contribution in [0.1, 0.15) is 6.42 Å². The summed E-state index contributed by atoms with van der Waals surface area (Å²) in [6, 6.07) is 13.5. The third-order valence-electron chi connectivity index (χ3n) is 2.68. The second kappa shape index (κ2) is 7.77. The molecule has 5 heteroatoms. The second-order valence-electron chi connectivity index (χ2n) is 4.16. The molecule has 0 saturated heterocycles. The minimum Gasteiger partial charge on any atom is -0.494 e. The number of para-hydroxylation sites is 1. The van der Waals surface area contributed by atoms with Crippen molar-refractivity contribution in [1.29, 1.82) is 0 Å². The van der Waals surface area contributed by atoms with E-state index in [1.165, 1.54) is 0 Å². The predicted octanol–water partition coefficient (Wildman–Crippen LogP) is 5.64. The van der Waals surface area contributed by atoms with Crippen molar-refractivity contribution in [3.05, 3.63) is 57.0 Å². The summed E-state index contributed by atoms with van der Waals surface area (Å²) in [5.74, 6) is 0.886. The third kappa shape index (κ3) is 4.30. The molecule has 20 heavy (non-hydrogen) atoms. The van der Waals surface area contributed by atoms with E-state index in [-0.39, 0.29) is 0 Å². The van der Waals surface area contributed by atoms with Crippen molar-refractivity contribution < 1.29 is 4.74 Å². The van der Waals surface area contributed by atoms with Crippen LogP contribution in [0.15, 0.2) is 46.9 Å². The first-order chi connectivity index (χ1) is 9.68. The first-order valence-corrected chi connectivity index (χ1v) is 7.78. The van der Waals surface area contributed by atoms with Crippen LogP contribution in [0.3, 0.4) is 0 Å². The largest absolute Gasteiger partial charge is 0.494 e. The summed E-state index contributed by atoms with van der Waals surface area (Å²) in [5, 5.41) is 4.31. The minimum atomic E-state index is 0.525. The topological polar surface area (TPSA) is 21.3 Å². The maximum absolute atomic E-state index is 6.15. The molecule has 0 unspecified atom stereocenters. The van der Waals surface area contributed by atoms with Crippen molar-refractivity contribution in [2.24, 2.45) is 0 Å². The molecule has 1 N–H and O–H groups in total. The highest BCUT2D eigenvalue weighted by Gasteiger charge is 2.07. The zero-order chi connectivity index (χ0) is 14.4. The fraction of sp³-hybridized carbons (Fsp3) is 0.200. The zero-order valence-corrected chi connectivity index (χ0v) is 13.8. The van der Waals surface area contributed by atoms with Gasteiger partial charge in [-0.2, -0.15) is 0 Å². The van der Waals surface area contributed by atoms with Crippen LogP contribution in [-0.2, 0) is 0 Å². The van der Waals surface area contributed by atoms with E-state index in [0.717, 1.165) is 28.9 Å². The lowest BCUT2D eigenvalue weighted by molar-refractivity contribution is 0.315. The summed E-state index contributed by atoms with van der Waals surface area (Å²) in [7, 11) is 0. The zero-order valence-electron chi connectivity index (χ0n) is 10.7. The second-order valence-corrected chi connectivity index (χ2v) is 5.78. The Bertz CT molecular complexity index is 563. The van der Waals surface area contributed by atoms with Gasteiger partial charge in [-0.05, 0) is 46.6 Å². The summed E-state index contributed by atoms with van der Waals surface area (Å²) in [4.78, 5) is 0. The highest BCUT2D eigenvalue weighted by molar-refractivity contribution is 9.10. The Morgan fingerprint density at radius 3 is 2.50 bits per heavy atom. The smallest absolute Gasteiger partial charge is 0.119 e. The van der Waals surface area contributed by atoms with Crippen LogP contribution in [0.4, 0.5) is 5.69 Å². The lowest BCUT2D eigenvalue weighted by atomic mass is 10.3. The van der Waals surface area contributed by atoms with Crippen molar-refractivity contribution in [1.82, 2.24) is 0 Å². The Morgan fingerprint density at radius 2 is 1.75 bits per heavy atom. The van der Waals surface area contributed by atoms with Gasteiger partial charge in [0.2, 0.25) is 0 Å². The molecule has 0 spiro atoms. The van der Waals surface area contributed by atoms with E-state index < -0.39 is 0 Å². The number of rotatable bonds is 6. The molecule has 0 aliphatic rings. The maximum Gasteiger partial charge on any atom is 0.119 e. The molecule has 0 amide bonds. The van der Waals surface area contributed by atoms with Crippen molar-refractivity contribution in [3.63, 3.8) is 0 Å². The van der Waals surface area contributed by atoms with Crippen LogP contribution in [0.25, 0.3) is 0 Å². The van der Waals surface area contributed by atoms with Crippen LogP contribution < -0.4 is 10.1 Å². The Balaban J connectivity index is 1.75. The van der Waals surface area contributed by atoms with Crippen LogP contribution in [0.5, 0.6) is 5.75 Å². The van der Waals surface area contributed by atoms with Gasteiger partial charge in [-0.1, -0.05) is 41.4 Å². The molecule has 0 aromatic heterocycles. The number of hydrogen-bond acceptors (Lipinski definition) is 2. The van der Waals surface area contributed by atoms with E-state index in [1.54, 1.807) is 0 Å². The molecule has 0 fully saturated rings. The molecule has 0 atom stereocenters. The summed E-state index contributed by atoms with van der Waals surface area (Å²) < 4.78 is 6.40. The van der Waals surface area contributed by atoms with E-state index >= 15 is 0 Å². The molecular weight excluding hydrogens is 361 g/mol. The number of halogens is 3. The van der Waals surface area contributed by atoms with Crippen molar-refractivity contribution >= 4 is 44.8 Å². The van der Waals surface area contributed by atoms with Crippen LogP contribution in [0.2, 0.25) is 10.0 Å². The molecule has 0 aliphatic carbocycles. The van der Waals surface area contributed by atoms with E-state index in [4.69, 9.17) is 27.9 Å². The van der Waals surface area contributed by atoms with Gasteiger partial charge in [0, 0.05) is 11.0 Å².